The first-order chi connectivity index (χ1) is 9.70. The van der Waals surface area contributed by atoms with Gasteiger partial charge in [-0.3, -0.25) is 4.98 Å². The molecule has 1 aliphatic heterocycles. The second-order valence-corrected chi connectivity index (χ2v) is 5.35. The van der Waals surface area contributed by atoms with Crippen molar-refractivity contribution in [2.75, 3.05) is 18.0 Å². The van der Waals surface area contributed by atoms with E-state index >= 15 is 0 Å². The Balaban J connectivity index is 2.21. The molecule has 0 saturated carbocycles. The van der Waals surface area contributed by atoms with E-state index in [1.165, 1.54) is 0 Å². The van der Waals surface area contributed by atoms with E-state index in [0.717, 1.165) is 41.5 Å². The molecular formula is C16H17N3O. The number of aliphatic hydroxyl groups is 1. The van der Waals surface area contributed by atoms with Crippen molar-refractivity contribution in [3.8, 4) is 6.07 Å². The van der Waals surface area contributed by atoms with Crippen molar-refractivity contribution >= 4 is 16.6 Å². The van der Waals surface area contributed by atoms with Crippen LogP contribution in [0.4, 0.5) is 5.69 Å². The van der Waals surface area contributed by atoms with E-state index in [0.29, 0.717) is 12.1 Å². The minimum Gasteiger partial charge on any atom is -0.391 e. The van der Waals surface area contributed by atoms with Crippen molar-refractivity contribution in [1.82, 2.24) is 4.98 Å². The van der Waals surface area contributed by atoms with Gasteiger partial charge < -0.3 is 10.0 Å². The number of hydrogen-bond acceptors (Lipinski definition) is 4. The number of benzene rings is 1. The number of hydrogen-bond donors (Lipinski definition) is 1. The van der Waals surface area contributed by atoms with Gasteiger partial charge in [-0.1, -0.05) is 18.2 Å². The molecule has 0 bridgehead atoms. The molecule has 2 aromatic rings. The summed E-state index contributed by atoms with van der Waals surface area (Å²) >= 11 is 0. The molecule has 3 rings (SSSR count). The summed E-state index contributed by atoms with van der Waals surface area (Å²) in [5, 5.41) is 20.3. The Morgan fingerprint density at radius 2 is 2.30 bits per heavy atom. The van der Waals surface area contributed by atoms with Gasteiger partial charge in [0.1, 0.15) is 6.07 Å². The zero-order valence-corrected chi connectivity index (χ0v) is 11.5. The van der Waals surface area contributed by atoms with Gasteiger partial charge in [0.05, 0.1) is 22.9 Å². The Morgan fingerprint density at radius 1 is 1.45 bits per heavy atom. The minimum absolute atomic E-state index is 0.316. The fourth-order valence-corrected chi connectivity index (χ4v) is 2.94. The Kier molecular flexibility index (Phi) is 3.29. The number of β-amino-alcohol motifs (C(OH)–C–C–N with tert-alkyl or cyclic N) is 1. The topological polar surface area (TPSA) is 60.1 Å². The second kappa shape index (κ2) is 5.10. The largest absolute Gasteiger partial charge is 0.391 e. The van der Waals surface area contributed by atoms with Crippen molar-refractivity contribution in [2.24, 2.45) is 0 Å². The van der Waals surface area contributed by atoms with Gasteiger partial charge in [0.15, 0.2) is 0 Å². The highest BCUT2D eigenvalue weighted by molar-refractivity contribution is 5.96. The number of rotatable bonds is 1. The lowest BCUT2D eigenvalue weighted by molar-refractivity contribution is 0.154. The van der Waals surface area contributed by atoms with Crippen molar-refractivity contribution < 1.29 is 5.11 Å². The van der Waals surface area contributed by atoms with Gasteiger partial charge in [-0.15, -0.1) is 0 Å². The fourth-order valence-electron chi connectivity index (χ4n) is 2.94. The molecule has 4 heteroatoms. The highest BCUT2D eigenvalue weighted by Gasteiger charge is 2.22. The molecular weight excluding hydrogens is 250 g/mol. The lowest BCUT2D eigenvalue weighted by atomic mass is 10.0. The molecule has 1 unspecified atom stereocenters. The van der Waals surface area contributed by atoms with Gasteiger partial charge >= 0.3 is 0 Å². The molecule has 102 valence electrons. The molecule has 1 aliphatic rings. The molecule has 1 aromatic carbocycles. The summed E-state index contributed by atoms with van der Waals surface area (Å²) in [5.74, 6) is 0. The van der Waals surface area contributed by atoms with Crippen LogP contribution in [0.1, 0.15) is 24.0 Å². The third-order valence-corrected chi connectivity index (χ3v) is 3.90. The van der Waals surface area contributed by atoms with E-state index < -0.39 is 0 Å². The number of anilines is 1. The van der Waals surface area contributed by atoms with Gasteiger partial charge in [0.2, 0.25) is 0 Å². The van der Waals surface area contributed by atoms with Crippen LogP contribution in [0, 0.1) is 18.3 Å². The van der Waals surface area contributed by atoms with E-state index in [9.17, 15) is 10.4 Å². The van der Waals surface area contributed by atoms with Crippen LogP contribution in [0.5, 0.6) is 0 Å². The van der Waals surface area contributed by atoms with Crippen molar-refractivity contribution in [3.63, 3.8) is 0 Å². The van der Waals surface area contributed by atoms with E-state index in [-0.39, 0.29) is 6.10 Å². The number of para-hydroxylation sites is 1. The molecule has 1 aromatic heterocycles. The number of aryl methyl sites for hydroxylation is 1. The summed E-state index contributed by atoms with van der Waals surface area (Å²) in [6, 6.07) is 8.25. The average molecular weight is 267 g/mol. The number of nitrogens with zero attached hydrogens (tertiary/aromatic N) is 3. The van der Waals surface area contributed by atoms with Crippen molar-refractivity contribution in [1.29, 1.82) is 5.26 Å². The summed E-state index contributed by atoms with van der Waals surface area (Å²) in [6.07, 6.45) is 3.11. The van der Waals surface area contributed by atoms with E-state index in [2.05, 4.69) is 16.0 Å². The monoisotopic (exact) mass is 267 g/mol. The predicted molar refractivity (Wildman–Crippen MR) is 78.6 cm³/mol. The predicted octanol–water partition coefficient (Wildman–Crippen LogP) is 2.38. The quantitative estimate of drug-likeness (QED) is 0.861. The SMILES string of the molecule is Cc1cccc2c(N3CCCC(O)C3)c(C#N)cnc12. The highest BCUT2D eigenvalue weighted by atomic mass is 16.3. The maximum absolute atomic E-state index is 9.89. The third kappa shape index (κ3) is 2.10. The second-order valence-electron chi connectivity index (χ2n) is 5.35. The summed E-state index contributed by atoms with van der Waals surface area (Å²) in [6.45, 7) is 3.48. The fraction of sp³-hybridized carbons (Fsp3) is 0.375. The average Bonchev–Trinajstić information content (AvgIpc) is 2.46. The normalized spacial score (nSPS) is 19.1. The van der Waals surface area contributed by atoms with Crippen LogP contribution >= 0.6 is 0 Å². The van der Waals surface area contributed by atoms with Gasteiger partial charge in [-0.05, 0) is 25.3 Å². The van der Waals surface area contributed by atoms with Gasteiger partial charge in [0.25, 0.3) is 0 Å². The summed E-state index contributed by atoms with van der Waals surface area (Å²) < 4.78 is 0. The van der Waals surface area contributed by atoms with Crippen molar-refractivity contribution in [2.45, 2.75) is 25.9 Å². The Bertz CT molecular complexity index is 690. The van der Waals surface area contributed by atoms with Crippen LogP contribution in [0.25, 0.3) is 10.9 Å². The molecule has 1 saturated heterocycles. The number of aromatic nitrogens is 1. The third-order valence-electron chi connectivity index (χ3n) is 3.90. The van der Waals surface area contributed by atoms with Gasteiger partial charge in [-0.25, -0.2) is 0 Å². The lowest BCUT2D eigenvalue weighted by Gasteiger charge is -2.33. The van der Waals surface area contributed by atoms with Crippen LogP contribution < -0.4 is 4.90 Å². The molecule has 1 atom stereocenters. The van der Waals surface area contributed by atoms with Crippen LogP contribution in [0.3, 0.4) is 0 Å². The molecule has 20 heavy (non-hydrogen) atoms. The molecule has 2 heterocycles. The maximum Gasteiger partial charge on any atom is 0.103 e. The first-order valence-electron chi connectivity index (χ1n) is 6.92. The number of fused-ring (bicyclic) bond motifs is 1. The molecule has 4 nitrogen and oxygen atoms in total. The van der Waals surface area contributed by atoms with E-state index in [1.807, 2.05) is 25.1 Å². The van der Waals surface area contributed by atoms with Crippen LogP contribution in [-0.2, 0) is 0 Å². The summed E-state index contributed by atoms with van der Waals surface area (Å²) in [5.41, 5.74) is 3.53. The number of aliphatic hydroxyl groups excluding tert-OH is 1. The first-order valence-corrected chi connectivity index (χ1v) is 6.92. The smallest absolute Gasteiger partial charge is 0.103 e. The zero-order chi connectivity index (χ0) is 14.1. The summed E-state index contributed by atoms with van der Waals surface area (Å²) in [7, 11) is 0. The molecule has 1 N–H and O–H groups in total. The molecule has 0 radical (unpaired) electrons. The lowest BCUT2D eigenvalue weighted by Crippen LogP contribution is -2.38. The van der Waals surface area contributed by atoms with Gasteiger partial charge in [0, 0.05) is 24.7 Å². The molecule has 0 spiro atoms. The van der Waals surface area contributed by atoms with Crippen LogP contribution in [0.2, 0.25) is 0 Å². The number of nitriles is 1. The molecule has 0 amide bonds. The Morgan fingerprint density at radius 3 is 3.05 bits per heavy atom. The first kappa shape index (κ1) is 12.9. The Hall–Kier alpha value is -2.12. The Labute approximate surface area is 118 Å². The van der Waals surface area contributed by atoms with Crippen molar-refractivity contribution in [3.05, 3.63) is 35.5 Å². The minimum atomic E-state index is -0.316. The van der Waals surface area contributed by atoms with Gasteiger partial charge in [-0.2, -0.15) is 5.26 Å². The van der Waals surface area contributed by atoms with E-state index in [1.54, 1.807) is 6.20 Å². The van der Waals surface area contributed by atoms with E-state index in [4.69, 9.17) is 0 Å². The molecule has 1 fully saturated rings. The van der Waals surface area contributed by atoms with Crippen LogP contribution in [0.15, 0.2) is 24.4 Å². The highest BCUT2D eigenvalue weighted by Crippen LogP contribution is 2.32. The molecule has 0 aliphatic carbocycles. The number of piperidine rings is 1. The zero-order valence-electron chi connectivity index (χ0n) is 11.5. The van der Waals surface area contributed by atoms with Crippen LogP contribution in [-0.4, -0.2) is 29.3 Å². The maximum atomic E-state index is 9.89. The summed E-state index contributed by atoms with van der Waals surface area (Å²) in [4.78, 5) is 6.54. The standard InChI is InChI=1S/C16H17N3O/c1-11-4-2-6-14-15(11)18-9-12(8-17)16(14)19-7-3-5-13(20)10-19/h2,4,6,9,13,20H,3,5,7,10H2,1H3. The number of pyridine rings is 1.